The fourth-order valence-electron chi connectivity index (χ4n) is 1.40. The largest absolute Gasteiger partial charge is 0.396 e. The number of hydrogen-bond acceptors (Lipinski definition) is 5. The van der Waals surface area contributed by atoms with Crippen molar-refractivity contribution in [3.8, 4) is 0 Å². The highest BCUT2D eigenvalue weighted by Gasteiger charge is 2.09. The molecule has 1 aromatic rings. The minimum absolute atomic E-state index is 0.163. The Labute approximate surface area is 89.7 Å². The number of nitrogen functional groups attached to an aromatic ring is 1. The van der Waals surface area contributed by atoms with Crippen molar-refractivity contribution in [1.29, 1.82) is 0 Å². The summed E-state index contributed by atoms with van der Waals surface area (Å²) in [5.41, 5.74) is 6.67. The van der Waals surface area contributed by atoms with Crippen molar-refractivity contribution >= 4 is 11.6 Å². The molecule has 1 unspecified atom stereocenters. The molecule has 0 aliphatic rings. The van der Waals surface area contributed by atoms with Gasteiger partial charge in [0.25, 0.3) is 0 Å². The molecule has 0 saturated carbocycles. The molecule has 5 nitrogen and oxygen atoms in total. The molecule has 15 heavy (non-hydrogen) atoms. The van der Waals surface area contributed by atoms with Crippen LogP contribution in [0.3, 0.4) is 0 Å². The van der Waals surface area contributed by atoms with Crippen LogP contribution in [0.1, 0.15) is 25.8 Å². The highest BCUT2D eigenvalue weighted by atomic mass is 16.3. The first-order valence-electron chi connectivity index (χ1n) is 5.15. The van der Waals surface area contributed by atoms with Crippen LogP contribution in [-0.4, -0.2) is 27.7 Å². The number of nitrogens with one attached hydrogen (secondary N) is 1. The number of aliphatic hydroxyl groups is 1. The molecule has 0 radical (unpaired) electrons. The van der Waals surface area contributed by atoms with Crippen molar-refractivity contribution in [2.45, 2.75) is 32.7 Å². The quantitative estimate of drug-likeness (QED) is 0.669. The topological polar surface area (TPSA) is 84.1 Å². The number of aromatic nitrogens is 2. The molecular formula is C10H18N4O. The third-order valence-corrected chi connectivity index (χ3v) is 2.28. The maximum atomic E-state index is 8.80. The van der Waals surface area contributed by atoms with Crippen LogP contribution in [0.5, 0.6) is 0 Å². The number of nitrogens with two attached hydrogens (primary N) is 1. The second-order valence-electron chi connectivity index (χ2n) is 3.50. The Morgan fingerprint density at radius 2 is 2.27 bits per heavy atom. The molecule has 0 aliphatic carbocycles. The molecule has 84 valence electrons. The second kappa shape index (κ2) is 5.50. The highest BCUT2D eigenvalue weighted by molar-refractivity contribution is 5.55. The van der Waals surface area contributed by atoms with Crippen LogP contribution in [-0.2, 0) is 6.42 Å². The Morgan fingerprint density at radius 3 is 2.87 bits per heavy atom. The van der Waals surface area contributed by atoms with E-state index in [-0.39, 0.29) is 12.6 Å². The summed E-state index contributed by atoms with van der Waals surface area (Å²) in [4.78, 5) is 8.09. The normalized spacial score (nSPS) is 12.5. The van der Waals surface area contributed by atoms with E-state index in [1.54, 1.807) is 0 Å². The monoisotopic (exact) mass is 210 g/mol. The van der Waals surface area contributed by atoms with Gasteiger partial charge in [-0.3, -0.25) is 0 Å². The van der Waals surface area contributed by atoms with Crippen LogP contribution in [0, 0.1) is 0 Å². The van der Waals surface area contributed by atoms with Gasteiger partial charge in [-0.1, -0.05) is 6.92 Å². The summed E-state index contributed by atoms with van der Waals surface area (Å²) in [6, 6.07) is 0.176. The summed E-state index contributed by atoms with van der Waals surface area (Å²) in [6.45, 7) is 4.17. The Balaban J connectivity index is 2.80. The van der Waals surface area contributed by atoms with Gasteiger partial charge >= 0.3 is 0 Å². The number of aliphatic hydroxyl groups excluding tert-OH is 1. The Bertz CT molecular complexity index is 316. The smallest absolute Gasteiger partial charge is 0.134 e. The average molecular weight is 210 g/mol. The van der Waals surface area contributed by atoms with Gasteiger partial charge in [0.05, 0.1) is 0 Å². The zero-order valence-electron chi connectivity index (χ0n) is 9.20. The first-order chi connectivity index (χ1) is 7.19. The molecule has 0 amide bonds. The lowest BCUT2D eigenvalue weighted by molar-refractivity contribution is 0.282. The Kier molecular flexibility index (Phi) is 4.30. The van der Waals surface area contributed by atoms with E-state index in [1.165, 1.54) is 6.33 Å². The standard InChI is InChI=1S/C10H18N4O/c1-3-8-9(11)12-6-13-10(8)14-7(2)4-5-15/h6-7,15H,3-5H2,1-2H3,(H3,11,12,13,14). The molecular weight excluding hydrogens is 192 g/mol. The summed E-state index contributed by atoms with van der Waals surface area (Å²) in [5.74, 6) is 1.29. The molecule has 1 heterocycles. The van der Waals surface area contributed by atoms with Crippen molar-refractivity contribution in [3.05, 3.63) is 11.9 Å². The van der Waals surface area contributed by atoms with Gasteiger partial charge in [0.15, 0.2) is 0 Å². The molecule has 0 saturated heterocycles. The molecule has 5 heteroatoms. The van der Waals surface area contributed by atoms with Gasteiger partial charge in [-0.05, 0) is 19.8 Å². The molecule has 1 rings (SSSR count). The second-order valence-corrected chi connectivity index (χ2v) is 3.50. The van der Waals surface area contributed by atoms with Crippen LogP contribution < -0.4 is 11.1 Å². The van der Waals surface area contributed by atoms with Gasteiger partial charge in [0.2, 0.25) is 0 Å². The molecule has 1 aromatic heterocycles. The molecule has 0 aromatic carbocycles. The van der Waals surface area contributed by atoms with Gasteiger partial charge < -0.3 is 16.2 Å². The Hall–Kier alpha value is -1.36. The van der Waals surface area contributed by atoms with Crippen LogP contribution in [0.15, 0.2) is 6.33 Å². The lowest BCUT2D eigenvalue weighted by atomic mass is 10.2. The lowest BCUT2D eigenvalue weighted by Crippen LogP contribution is -2.19. The predicted molar refractivity (Wildman–Crippen MR) is 60.6 cm³/mol. The number of nitrogens with zero attached hydrogens (tertiary/aromatic N) is 2. The summed E-state index contributed by atoms with van der Waals surface area (Å²) < 4.78 is 0. The van der Waals surface area contributed by atoms with Crippen molar-refractivity contribution < 1.29 is 5.11 Å². The first kappa shape index (κ1) is 11.7. The summed E-state index contributed by atoms with van der Waals surface area (Å²) >= 11 is 0. The van der Waals surface area contributed by atoms with E-state index in [1.807, 2.05) is 13.8 Å². The maximum absolute atomic E-state index is 8.80. The highest BCUT2D eigenvalue weighted by Crippen LogP contribution is 2.18. The van der Waals surface area contributed by atoms with Gasteiger partial charge in [-0.25, -0.2) is 9.97 Å². The van der Waals surface area contributed by atoms with E-state index in [0.717, 1.165) is 17.8 Å². The number of anilines is 2. The van der Waals surface area contributed by atoms with E-state index in [4.69, 9.17) is 10.8 Å². The van der Waals surface area contributed by atoms with Crippen molar-refractivity contribution in [2.75, 3.05) is 17.7 Å². The average Bonchev–Trinajstić information content (AvgIpc) is 2.18. The number of rotatable bonds is 5. The molecule has 4 N–H and O–H groups in total. The van der Waals surface area contributed by atoms with E-state index >= 15 is 0 Å². The molecule has 0 bridgehead atoms. The van der Waals surface area contributed by atoms with Crippen LogP contribution in [0.25, 0.3) is 0 Å². The minimum Gasteiger partial charge on any atom is -0.396 e. The summed E-state index contributed by atoms with van der Waals surface area (Å²) in [5, 5.41) is 12.0. The van der Waals surface area contributed by atoms with Crippen molar-refractivity contribution in [3.63, 3.8) is 0 Å². The first-order valence-corrected chi connectivity index (χ1v) is 5.15. The van der Waals surface area contributed by atoms with Crippen molar-refractivity contribution in [2.24, 2.45) is 0 Å². The molecule has 0 aliphatic heterocycles. The zero-order valence-corrected chi connectivity index (χ0v) is 9.20. The fourth-order valence-corrected chi connectivity index (χ4v) is 1.40. The SMILES string of the molecule is CCc1c(N)ncnc1NC(C)CCO. The van der Waals surface area contributed by atoms with E-state index < -0.39 is 0 Å². The summed E-state index contributed by atoms with van der Waals surface area (Å²) in [7, 11) is 0. The van der Waals surface area contributed by atoms with E-state index in [0.29, 0.717) is 12.2 Å². The Morgan fingerprint density at radius 1 is 1.53 bits per heavy atom. The van der Waals surface area contributed by atoms with Crippen LogP contribution in [0.4, 0.5) is 11.6 Å². The van der Waals surface area contributed by atoms with Gasteiger partial charge in [0.1, 0.15) is 18.0 Å². The summed E-state index contributed by atoms with van der Waals surface area (Å²) in [6.07, 6.45) is 2.93. The number of hydrogen-bond donors (Lipinski definition) is 3. The van der Waals surface area contributed by atoms with Gasteiger partial charge in [0, 0.05) is 18.2 Å². The molecule has 1 atom stereocenters. The van der Waals surface area contributed by atoms with Crippen molar-refractivity contribution in [1.82, 2.24) is 9.97 Å². The fraction of sp³-hybridized carbons (Fsp3) is 0.600. The predicted octanol–water partition coefficient (Wildman–Crippen LogP) is 0.804. The van der Waals surface area contributed by atoms with Crippen LogP contribution >= 0.6 is 0 Å². The van der Waals surface area contributed by atoms with E-state index in [9.17, 15) is 0 Å². The molecule has 0 fully saturated rings. The van der Waals surface area contributed by atoms with E-state index in [2.05, 4.69) is 15.3 Å². The van der Waals surface area contributed by atoms with Gasteiger partial charge in [-0.2, -0.15) is 0 Å². The van der Waals surface area contributed by atoms with Gasteiger partial charge in [-0.15, -0.1) is 0 Å². The third kappa shape index (κ3) is 3.06. The van der Waals surface area contributed by atoms with Crippen LogP contribution in [0.2, 0.25) is 0 Å². The maximum Gasteiger partial charge on any atom is 0.134 e. The molecule has 0 spiro atoms. The minimum atomic E-state index is 0.163. The lowest BCUT2D eigenvalue weighted by Gasteiger charge is -2.16. The third-order valence-electron chi connectivity index (χ3n) is 2.28. The zero-order chi connectivity index (χ0) is 11.3.